The number of thiazole rings is 1. The topological polar surface area (TPSA) is 89.5 Å². The zero-order chi connectivity index (χ0) is 23.3. The molecule has 0 saturated carbocycles. The SMILES string of the molecule is CC(=O)COc1cccc(CN(c2cccc(-c3nccs3)c2)S(=O)(=O)c2cccnc2)c1. The molecular formula is C24H21N3O4S2. The molecule has 0 aliphatic heterocycles. The summed E-state index contributed by atoms with van der Waals surface area (Å²) in [6.07, 6.45) is 4.57. The lowest BCUT2D eigenvalue weighted by Gasteiger charge is -2.25. The maximum absolute atomic E-state index is 13.6. The second-order valence-electron chi connectivity index (χ2n) is 7.23. The summed E-state index contributed by atoms with van der Waals surface area (Å²) < 4.78 is 34.1. The number of nitrogens with zero attached hydrogens (tertiary/aromatic N) is 3. The van der Waals surface area contributed by atoms with Crippen LogP contribution in [0.4, 0.5) is 5.69 Å². The number of anilines is 1. The summed E-state index contributed by atoms with van der Waals surface area (Å²) in [5.74, 6) is 0.401. The van der Waals surface area contributed by atoms with Crippen molar-refractivity contribution in [1.82, 2.24) is 9.97 Å². The van der Waals surface area contributed by atoms with Crippen LogP contribution in [0.2, 0.25) is 0 Å². The van der Waals surface area contributed by atoms with Crippen molar-refractivity contribution in [2.45, 2.75) is 18.4 Å². The Morgan fingerprint density at radius 3 is 2.64 bits per heavy atom. The van der Waals surface area contributed by atoms with E-state index in [1.165, 1.54) is 41.0 Å². The molecule has 0 saturated heterocycles. The number of sulfonamides is 1. The van der Waals surface area contributed by atoms with Crippen molar-refractivity contribution in [2.75, 3.05) is 10.9 Å². The monoisotopic (exact) mass is 479 g/mol. The van der Waals surface area contributed by atoms with Gasteiger partial charge in [0.15, 0.2) is 5.78 Å². The van der Waals surface area contributed by atoms with Gasteiger partial charge in [0.2, 0.25) is 0 Å². The van der Waals surface area contributed by atoms with E-state index < -0.39 is 10.0 Å². The highest BCUT2D eigenvalue weighted by molar-refractivity contribution is 7.92. The standard InChI is InChI=1S/C24H21N3O4S2/c1-18(28)17-31-22-8-2-5-19(13-22)16-27(33(29,30)23-9-4-10-25-15-23)21-7-3-6-20(14-21)24-26-11-12-32-24/h2-15H,16-17H2,1H3. The first-order valence-electron chi connectivity index (χ1n) is 10.1. The molecule has 0 fully saturated rings. The minimum Gasteiger partial charge on any atom is -0.486 e. The molecule has 33 heavy (non-hydrogen) atoms. The zero-order valence-corrected chi connectivity index (χ0v) is 19.4. The molecule has 7 nitrogen and oxygen atoms in total. The molecule has 4 rings (SSSR count). The molecular weight excluding hydrogens is 458 g/mol. The molecule has 0 aliphatic carbocycles. The van der Waals surface area contributed by atoms with E-state index in [9.17, 15) is 13.2 Å². The van der Waals surface area contributed by atoms with E-state index in [1.54, 1.807) is 36.5 Å². The number of Topliss-reactive ketones (excluding diaryl/α,β-unsaturated/α-hetero) is 1. The molecule has 0 radical (unpaired) electrons. The van der Waals surface area contributed by atoms with Crippen molar-refractivity contribution in [3.05, 3.63) is 90.2 Å². The fraction of sp³-hybridized carbons (Fsp3) is 0.125. The van der Waals surface area contributed by atoms with Gasteiger partial charge in [-0.05, 0) is 48.9 Å². The second kappa shape index (κ2) is 9.93. The van der Waals surface area contributed by atoms with Crippen LogP contribution in [0, 0.1) is 0 Å². The number of carbonyl (C=O) groups excluding carboxylic acids is 1. The van der Waals surface area contributed by atoms with E-state index in [-0.39, 0.29) is 23.8 Å². The van der Waals surface area contributed by atoms with Gasteiger partial charge in [-0.1, -0.05) is 24.3 Å². The summed E-state index contributed by atoms with van der Waals surface area (Å²) in [6.45, 7) is 1.47. The molecule has 4 aromatic rings. The van der Waals surface area contributed by atoms with Gasteiger partial charge in [0.1, 0.15) is 22.3 Å². The van der Waals surface area contributed by atoms with Crippen molar-refractivity contribution in [1.29, 1.82) is 0 Å². The minimum absolute atomic E-state index is 0.0446. The van der Waals surface area contributed by atoms with Crippen molar-refractivity contribution < 1.29 is 17.9 Å². The Balaban J connectivity index is 1.74. The average Bonchev–Trinajstić information content (AvgIpc) is 3.37. The van der Waals surface area contributed by atoms with Crippen LogP contribution in [0.1, 0.15) is 12.5 Å². The fourth-order valence-corrected chi connectivity index (χ4v) is 5.23. The Morgan fingerprint density at radius 1 is 1.06 bits per heavy atom. The number of hydrogen-bond donors (Lipinski definition) is 0. The molecule has 0 atom stereocenters. The first-order chi connectivity index (χ1) is 15.9. The molecule has 2 aromatic heterocycles. The molecule has 168 valence electrons. The van der Waals surface area contributed by atoms with Crippen LogP contribution in [-0.4, -0.2) is 30.8 Å². The van der Waals surface area contributed by atoms with Gasteiger partial charge in [-0.2, -0.15) is 0 Å². The van der Waals surface area contributed by atoms with E-state index >= 15 is 0 Å². The lowest BCUT2D eigenvalue weighted by atomic mass is 10.2. The van der Waals surface area contributed by atoms with E-state index in [4.69, 9.17) is 4.74 Å². The molecule has 0 spiro atoms. The number of aromatic nitrogens is 2. The number of benzene rings is 2. The average molecular weight is 480 g/mol. The fourth-order valence-electron chi connectivity index (χ4n) is 3.19. The summed E-state index contributed by atoms with van der Waals surface area (Å²) >= 11 is 1.48. The third-order valence-corrected chi connectivity index (χ3v) is 7.28. The Labute approximate surface area is 196 Å². The molecule has 0 N–H and O–H groups in total. The predicted octanol–water partition coefficient (Wildman–Crippen LogP) is 4.57. The van der Waals surface area contributed by atoms with Gasteiger partial charge in [-0.3, -0.25) is 14.1 Å². The molecule has 0 amide bonds. The number of rotatable bonds is 9. The Bertz CT molecular complexity index is 1340. The van der Waals surface area contributed by atoms with Crippen LogP contribution in [-0.2, 0) is 21.4 Å². The second-order valence-corrected chi connectivity index (χ2v) is 9.98. The Kier molecular flexibility index (Phi) is 6.81. The lowest BCUT2D eigenvalue weighted by Crippen LogP contribution is -2.30. The van der Waals surface area contributed by atoms with Gasteiger partial charge < -0.3 is 4.74 Å². The van der Waals surface area contributed by atoms with E-state index in [0.29, 0.717) is 17.0 Å². The quantitative estimate of drug-likeness (QED) is 0.349. The van der Waals surface area contributed by atoms with Crippen LogP contribution in [0.25, 0.3) is 10.6 Å². The highest BCUT2D eigenvalue weighted by Crippen LogP contribution is 2.31. The first-order valence-corrected chi connectivity index (χ1v) is 12.4. The van der Waals surface area contributed by atoms with Gasteiger partial charge in [-0.15, -0.1) is 11.3 Å². The number of ether oxygens (including phenoxy) is 1. The van der Waals surface area contributed by atoms with Gasteiger partial charge in [-0.25, -0.2) is 13.4 Å². The van der Waals surface area contributed by atoms with Crippen molar-refractivity contribution in [2.24, 2.45) is 0 Å². The van der Waals surface area contributed by atoms with Gasteiger partial charge in [0.05, 0.1) is 12.2 Å². The van der Waals surface area contributed by atoms with Crippen molar-refractivity contribution in [3.63, 3.8) is 0 Å². The highest BCUT2D eigenvalue weighted by atomic mass is 32.2. The normalized spacial score (nSPS) is 11.2. The zero-order valence-electron chi connectivity index (χ0n) is 17.8. The maximum atomic E-state index is 13.6. The van der Waals surface area contributed by atoms with Gasteiger partial charge in [0, 0.05) is 29.5 Å². The van der Waals surface area contributed by atoms with Crippen LogP contribution < -0.4 is 9.04 Å². The summed E-state index contributed by atoms with van der Waals surface area (Å²) in [4.78, 5) is 19.7. The van der Waals surface area contributed by atoms with Crippen molar-refractivity contribution >= 4 is 32.8 Å². The maximum Gasteiger partial charge on any atom is 0.266 e. The number of ketones is 1. The van der Waals surface area contributed by atoms with E-state index in [2.05, 4.69) is 9.97 Å². The van der Waals surface area contributed by atoms with Gasteiger partial charge >= 0.3 is 0 Å². The van der Waals surface area contributed by atoms with Crippen molar-refractivity contribution in [3.8, 4) is 16.3 Å². The molecule has 2 heterocycles. The van der Waals surface area contributed by atoms with E-state index in [1.807, 2.05) is 29.6 Å². The molecule has 2 aromatic carbocycles. The van der Waals surface area contributed by atoms with Crippen LogP contribution >= 0.6 is 11.3 Å². The minimum atomic E-state index is -3.92. The number of hydrogen-bond acceptors (Lipinski definition) is 7. The predicted molar refractivity (Wildman–Crippen MR) is 128 cm³/mol. The molecule has 0 bridgehead atoms. The van der Waals surface area contributed by atoms with Crippen LogP contribution in [0.3, 0.4) is 0 Å². The van der Waals surface area contributed by atoms with Gasteiger partial charge in [0.25, 0.3) is 10.0 Å². The molecule has 0 aliphatic rings. The summed E-state index contributed by atoms with van der Waals surface area (Å²) in [5, 5.41) is 2.67. The molecule has 0 unspecified atom stereocenters. The number of pyridine rings is 1. The third kappa shape index (κ3) is 5.44. The third-order valence-electron chi connectivity index (χ3n) is 4.70. The summed E-state index contributed by atoms with van der Waals surface area (Å²) in [7, 11) is -3.92. The summed E-state index contributed by atoms with van der Waals surface area (Å²) in [5.41, 5.74) is 2.04. The smallest absolute Gasteiger partial charge is 0.266 e. The lowest BCUT2D eigenvalue weighted by molar-refractivity contribution is -0.118. The van der Waals surface area contributed by atoms with E-state index in [0.717, 1.165) is 10.6 Å². The van der Waals surface area contributed by atoms with Crippen LogP contribution in [0.15, 0.2) is 89.5 Å². The Morgan fingerprint density at radius 2 is 1.91 bits per heavy atom. The van der Waals surface area contributed by atoms with Crippen LogP contribution in [0.5, 0.6) is 5.75 Å². The summed E-state index contributed by atoms with van der Waals surface area (Å²) in [6, 6.07) is 17.4. The highest BCUT2D eigenvalue weighted by Gasteiger charge is 2.26. The largest absolute Gasteiger partial charge is 0.486 e. The molecule has 9 heteroatoms. The first kappa shape index (κ1) is 22.6. The Hall–Kier alpha value is -3.56. The number of carbonyl (C=O) groups is 1.